The molecule has 0 aliphatic carbocycles. The van der Waals surface area contributed by atoms with Gasteiger partial charge >= 0.3 is 0 Å². The average Bonchev–Trinajstić information content (AvgIpc) is 2.21. The third kappa shape index (κ3) is 7.99. The Balaban J connectivity index is 3.56. The molecule has 0 amide bonds. The van der Waals surface area contributed by atoms with E-state index in [0.29, 0.717) is 13.0 Å². The van der Waals surface area contributed by atoms with Gasteiger partial charge in [0.05, 0.1) is 12.7 Å². The van der Waals surface area contributed by atoms with E-state index in [2.05, 4.69) is 11.0 Å². The van der Waals surface area contributed by atoms with Gasteiger partial charge in [0.2, 0.25) is 0 Å². The molecule has 0 fully saturated rings. The van der Waals surface area contributed by atoms with Crippen LogP contribution in [0.1, 0.15) is 19.3 Å². The first-order valence-corrected chi connectivity index (χ1v) is 5.04. The summed E-state index contributed by atoms with van der Waals surface area (Å²) in [5, 5.41) is 17.1. The summed E-state index contributed by atoms with van der Waals surface area (Å²) in [5.74, 6) is 0. The summed E-state index contributed by atoms with van der Waals surface area (Å²) in [6.45, 7) is 3.54. The molecule has 0 aromatic heterocycles. The van der Waals surface area contributed by atoms with E-state index >= 15 is 0 Å². The van der Waals surface area contributed by atoms with Crippen LogP contribution in [0.25, 0.3) is 0 Å². The third-order valence-corrected chi connectivity index (χ3v) is 2.03. The SMILES string of the molecule is COCCN(CCC#N)CCCCO. The third-order valence-electron chi connectivity index (χ3n) is 2.03. The van der Waals surface area contributed by atoms with Crippen LogP contribution in [0.3, 0.4) is 0 Å². The predicted molar refractivity (Wildman–Crippen MR) is 54.9 cm³/mol. The summed E-state index contributed by atoms with van der Waals surface area (Å²) in [5.41, 5.74) is 0. The number of methoxy groups -OCH3 is 1. The second-order valence-electron chi connectivity index (χ2n) is 3.17. The standard InChI is InChI=1S/C10H20N2O2/c1-14-10-8-12(7-4-5-11)6-2-3-9-13/h13H,2-4,6-10H2,1H3. The molecule has 0 atom stereocenters. The molecule has 0 radical (unpaired) electrons. The maximum Gasteiger partial charge on any atom is 0.0635 e. The molecular weight excluding hydrogens is 180 g/mol. The van der Waals surface area contributed by atoms with Gasteiger partial charge in [0, 0.05) is 33.2 Å². The Labute approximate surface area is 86.1 Å². The minimum Gasteiger partial charge on any atom is -0.396 e. The van der Waals surface area contributed by atoms with Crippen LogP contribution in [0.4, 0.5) is 0 Å². The van der Waals surface area contributed by atoms with Crippen LogP contribution in [0.2, 0.25) is 0 Å². The highest BCUT2D eigenvalue weighted by Gasteiger charge is 2.03. The molecule has 0 unspecified atom stereocenters. The lowest BCUT2D eigenvalue weighted by atomic mass is 10.3. The van der Waals surface area contributed by atoms with E-state index < -0.39 is 0 Å². The first-order chi connectivity index (χ1) is 6.85. The van der Waals surface area contributed by atoms with Crippen molar-refractivity contribution in [1.29, 1.82) is 5.26 Å². The fourth-order valence-corrected chi connectivity index (χ4v) is 1.21. The lowest BCUT2D eigenvalue weighted by Crippen LogP contribution is -2.29. The quantitative estimate of drug-likeness (QED) is 0.554. The van der Waals surface area contributed by atoms with Crippen molar-refractivity contribution >= 4 is 0 Å². The van der Waals surface area contributed by atoms with Gasteiger partial charge in [-0.15, -0.1) is 0 Å². The zero-order chi connectivity index (χ0) is 10.6. The number of rotatable bonds is 9. The number of ether oxygens (including phenoxy) is 1. The molecule has 4 heteroatoms. The minimum absolute atomic E-state index is 0.246. The number of aliphatic hydroxyl groups is 1. The fourth-order valence-electron chi connectivity index (χ4n) is 1.21. The largest absolute Gasteiger partial charge is 0.396 e. The van der Waals surface area contributed by atoms with Crippen LogP contribution in [-0.2, 0) is 4.74 Å². The molecule has 0 heterocycles. The van der Waals surface area contributed by atoms with Gasteiger partial charge in [0.25, 0.3) is 0 Å². The molecule has 0 aromatic rings. The van der Waals surface area contributed by atoms with Crippen molar-refractivity contribution < 1.29 is 9.84 Å². The molecule has 0 bridgehead atoms. The summed E-state index contributed by atoms with van der Waals surface area (Å²) < 4.78 is 4.98. The van der Waals surface area contributed by atoms with E-state index in [1.165, 1.54) is 0 Å². The first kappa shape index (κ1) is 13.4. The van der Waals surface area contributed by atoms with Crippen LogP contribution in [0.5, 0.6) is 0 Å². The summed E-state index contributed by atoms with van der Waals surface area (Å²) in [4.78, 5) is 2.20. The lowest BCUT2D eigenvalue weighted by Gasteiger charge is -2.20. The van der Waals surface area contributed by atoms with Crippen molar-refractivity contribution in [2.24, 2.45) is 0 Å². The van der Waals surface area contributed by atoms with Crippen LogP contribution >= 0.6 is 0 Å². The number of aliphatic hydroxyl groups excluding tert-OH is 1. The molecule has 0 aliphatic rings. The van der Waals surface area contributed by atoms with E-state index in [4.69, 9.17) is 15.1 Å². The van der Waals surface area contributed by atoms with Crippen LogP contribution in [0, 0.1) is 11.3 Å². The molecule has 0 spiro atoms. The Bertz CT molecular complexity index is 157. The van der Waals surface area contributed by atoms with Crippen molar-refractivity contribution in [2.45, 2.75) is 19.3 Å². The Morgan fingerprint density at radius 2 is 2.07 bits per heavy atom. The molecule has 14 heavy (non-hydrogen) atoms. The smallest absolute Gasteiger partial charge is 0.0635 e. The summed E-state index contributed by atoms with van der Waals surface area (Å²) in [6.07, 6.45) is 2.37. The molecule has 0 saturated heterocycles. The minimum atomic E-state index is 0.246. The Hall–Kier alpha value is -0.630. The van der Waals surface area contributed by atoms with E-state index in [-0.39, 0.29) is 6.61 Å². The van der Waals surface area contributed by atoms with Gasteiger partial charge in [0.1, 0.15) is 0 Å². The monoisotopic (exact) mass is 200 g/mol. The number of hydrogen-bond acceptors (Lipinski definition) is 4. The average molecular weight is 200 g/mol. The number of nitrogens with zero attached hydrogens (tertiary/aromatic N) is 2. The zero-order valence-corrected chi connectivity index (χ0v) is 8.91. The van der Waals surface area contributed by atoms with E-state index in [9.17, 15) is 0 Å². The van der Waals surface area contributed by atoms with Gasteiger partial charge in [0.15, 0.2) is 0 Å². The van der Waals surface area contributed by atoms with Crippen molar-refractivity contribution in [3.05, 3.63) is 0 Å². The van der Waals surface area contributed by atoms with E-state index in [1.807, 2.05) is 0 Å². The van der Waals surface area contributed by atoms with Gasteiger partial charge in [-0.2, -0.15) is 5.26 Å². The van der Waals surface area contributed by atoms with Gasteiger partial charge < -0.3 is 14.7 Å². The second-order valence-corrected chi connectivity index (χ2v) is 3.17. The maximum atomic E-state index is 8.64. The van der Waals surface area contributed by atoms with Crippen molar-refractivity contribution in [1.82, 2.24) is 4.90 Å². The van der Waals surface area contributed by atoms with Crippen LogP contribution in [0.15, 0.2) is 0 Å². The Kier molecular flexibility index (Phi) is 9.98. The number of nitriles is 1. The van der Waals surface area contributed by atoms with Gasteiger partial charge in [-0.25, -0.2) is 0 Å². The predicted octanol–water partition coefficient (Wildman–Crippen LogP) is 0.621. The Morgan fingerprint density at radius 3 is 2.64 bits per heavy atom. The first-order valence-electron chi connectivity index (χ1n) is 5.04. The van der Waals surface area contributed by atoms with Gasteiger partial charge in [-0.05, 0) is 19.4 Å². The lowest BCUT2D eigenvalue weighted by molar-refractivity contribution is 0.146. The number of unbranched alkanes of at least 4 members (excludes halogenated alkanes) is 1. The normalized spacial score (nSPS) is 10.4. The van der Waals surface area contributed by atoms with Gasteiger partial charge in [-0.1, -0.05) is 0 Å². The molecule has 0 rings (SSSR count). The second kappa shape index (κ2) is 10.5. The molecule has 4 nitrogen and oxygen atoms in total. The molecule has 0 aromatic carbocycles. The van der Waals surface area contributed by atoms with E-state index in [1.54, 1.807) is 7.11 Å². The maximum absolute atomic E-state index is 8.64. The van der Waals surface area contributed by atoms with Crippen molar-refractivity contribution in [3.63, 3.8) is 0 Å². The van der Waals surface area contributed by atoms with Crippen molar-refractivity contribution in [3.8, 4) is 6.07 Å². The van der Waals surface area contributed by atoms with Crippen LogP contribution in [-0.4, -0.2) is 50.0 Å². The summed E-state index contributed by atoms with van der Waals surface area (Å²) in [7, 11) is 1.68. The summed E-state index contributed by atoms with van der Waals surface area (Å²) >= 11 is 0. The van der Waals surface area contributed by atoms with Gasteiger partial charge in [-0.3, -0.25) is 0 Å². The highest BCUT2D eigenvalue weighted by Crippen LogP contribution is 1.96. The van der Waals surface area contributed by atoms with E-state index in [0.717, 1.165) is 32.5 Å². The summed E-state index contributed by atoms with van der Waals surface area (Å²) in [6, 6.07) is 2.13. The highest BCUT2D eigenvalue weighted by atomic mass is 16.5. The number of hydrogen-bond donors (Lipinski definition) is 1. The molecule has 0 saturated carbocycles. The topological polar surface area (TPSA) is 56.5 Å². The highest BCUT2D eigenvalue weighted by molar-refractivity contribution is 4.72. The molecule has 0 aliphatic heterocycles. The molecular formula is C10H20N2O2. The molecule has 82 valence electrons. The van der Waals surface area contributed by atoms with Crippen LogP contribution < -0.4 is 0 Å². The molecule has 1 N–H and O–H groups in total. The fraction of sp³-hybridized carbons (Fsp3) is 0.900. The van der Waals surface area contributed by atoms with Crippen molar-refractivity contribution in [2.75, 3.05) is 40.0 Å². The zero-order valence-electron chi connectivity index (χ0n) is 8.91. The Morgan fingerprint density at radius 1 is 1.29 bits per heavy atom.